The first-order chi connectivity index (χ1) is 9.13. The summed E-state index contributed by atoms with van der Waals surface area (Å²) in [5.41, 5.74) is 13.3. The van der Waals surface area contributed by atoms with Crippen molar-refractivity contribution in [3.8, 4) is 0 Å². The number of hydrogen-bond donors (Lipinski definition) is 3. The maximum absolute atomic E-state index is 11.6. The predicted octanol–water partition coefficient (Wildman–Crippen LogP) is 0.332. The molecule has 3 aromatic rings. The van der Waals surface area contributed by atoms with Gasteiger partial charge in [0.25, 0.3) is 5.56 Å². The Hall–Kier alpha value is -2.83. The maximum Gasteiger partial charge on any atom is 0.280 e. The number of nitrogens with one attached hydrogen (secondary N) is 1. The quantitative estimate of drug-likeness (QED) is 0.571. The largest absolute Gasteiger partial charge is 0.399 e. The molecule has 1 aromatic carbocycles. The van der Waals surface area contributed by atoms with Crippen molar-refractivity contribution in [2.45, 2.75) is 6.54 Å². The smallest absolute Gasteiger partial charge is 0.280 e. The van der Waals surface area contributed by atoms with Crippen molar-refractivity contribution in [1.82, 2.24) is 19.5 Å². The van der Waals surface area contributed by atoms with Crippen molar-refractivity contribution in [1.29, 1.82) is 0 Å². The highest BCUT2D eigenvalue weighted by Gasteiger charge is 2.09. The molecule has 0 bridgehead atoms. The zero-order chi connectivity index (χ0) is 13.4. The van der Waals surface area contributed by atoms with Gasteiger partial charge in [-0.3, -0.25) is 9.78 Å². The predicted molar refractivity (Wildman–Crippen MR) is 72.5 cm³/mol. The van der Waals surface area contributed by atoms with Crippen molar-refractivity contribution in [3.05, 3.63) is 46.5 Å². The van der Waals surface area contributed by atoms with E-state index in [9.17, 15) is 4.79 Å². The van der Waals surface area contributed by atoms with Crippen LogP contribution in [-0.4, -0.2) is 19.5 Å². The topological polar surface area (TPSA) is 116 Å². The third-order valence-electron chi connectivity index (χ3n) is 2.83. The first kappa shape index (κ1) is 11.3. The van der Waals surface area contributed by atoms with Crippen LogP contribution in [0.2, 0.25) is 0 Å². The molecular formula is C12H12N6O. The van der Waals surface area contributed by atoms with Gasteiger partial charge in [-0.2, -0.15) is 4.98 Å². The van der Waals surface area contributed by atoms with Crippen molar-refractivity contribution in [2.75, 3.05) is 11.5 Å². The van der Waals surface area contributed by atoms with E-state index >= 15 is 0 Å². The first-order valence-corrected chi connectivity index (χ1v) is 5.68. The molecule has 0 aliphatic carbocycles. The minimum atomic E-state index is -0.335. The Morgan fingerprint density at radius 1 is 1.21 bits per heavy atom. The van der Waals surface area contributed by atoms with Crippen LogP contribution in [0.5, 0.6) is 0 Å². The molecule has 96 valence electrons. The molecule has 3 rings (SSSR count). The van der Waals surface area contributed by atoms with E-state index in [2.05, 4.69) is 15.0 Å². The molecule has 0 atom stereocenters. The average Bonchev–Trinajstić information content (AvgIpc) is 2.76. The van der Waals surface area contributed by atoms with Gasteiger partial charge in [0.1, 0.15) is 0 Å². The van der Waals surface area contributed by atoms with Crippen molar-refractivity contribution >= 4 is 22.8 Å². The molecule has 0 fully saturated rings. The van der Waals surface area contributed by atoms with Crippen molar-refractivity contribution in [3.63, 3.8) is 0 Å². The molecule has 0 saturated carbocycles. The van der Waals surface area contributed by atoms with E-state index < -0.39 is 0 Å². The zero-order valence-corrected chi connectivity index (χ0v) is 10.00. The Labute approximate surface area is 107 Å². The molecule has 0 amide bonds. The molecule has 0 spiro atoms. The van der Waals surface area contributed by atoms with Crippen LogP contribution in [-0.2, 0) is 6.54 Å². The van der Waals surface area contributed by atoms with Gasteiger partial charge in [0, 0.05) is 5.69 Å². The Morgan fingerprint density at radius 3 is 2.68 bits per heavy atom. The number of anilines is 2. The summed E-state index contributed by atoms with van der Waals surface area (Å²) in [7, 11) is 0. The Kier molecular flexibility index (Phi) is 2.45. The van der Waals surface area contributed by atoms with Crippen molar-refractivity contribution in [2.24, 2.45) is 0 Å². The zero-order valence-electron chi connectivity index (χ0n) is 10.00. The number of rotatable bonds is 2. The third kappa shape index (κ3) is 2.01. The molecule has 0 aliphatic rings. The lowest BCUT2D eigenvalue weighted by molar-refractivity contribution is 0.814. The Bertz CT molecular complexity index is 786. The monoisotopic (exact) mass is 256 g/mol. The number of nitrogens with two attached hydrogens (primary N) is 2. The second kappa shape index (κ2) is 4.13. The van der Waals surface area contributed by atoms with E-state index in [1.54, 1.807) is 10.9 Å². The number of imidazole rings is 1. The minimum absolute atomic E-state index is 0.0801. The fourth-order valence-corrected chi connectivity index (χ4v) is 1.91. The van der Waals surface area contributed by atoms with E-state index in [0.717, 1.165) is 5.56 Å². The number of nitrogens with zero attached hydrogens (tertiary/aromatic N) is 3. The number of nitrogen functional groups attached to an aromatic ring is 2. The number of H-pyrrole nitrogens is 1. The second-order valence-electron chi connectivity index (χ2n) is 4.24. The summed E-state index contributed by atoms with van der Waals surface area (Å²) in [4.78, 5) is 22.2. The van der Waals surface area contributed by atoms with Crippen LogP contribution < -0.4 is 17.0 Å². The lowest BCUT2D eigenvalue weighted by Crippen LogP contribution is -2.12. The van der Waals surface area contributed by atoms with Crippen LogP contribution in [0, 0.1) is 0 Å². The molecule has 7 nitrogen and oxygen atoms in total. The maximum atomic E-state index is 11.6. The Morgan fingerprint density at radius 2 is 1.95 bits per heavy atom. The van der Waals surface area contributed by atoms with Gasteiger partial charge >= 0.3 is 0 Å². The number of hydrogen-bond acceptors (Lipinski definition) is 5. The average molecular weight is 256 g/mol. The lowest BCUT2D eigenvalue weighted by atomic mass is 10.2. The molecule has 0 unspecified atom stereocenters. The molecule has 0 saturated heterocycles. The molecule has 0 aliphatic heterocycles. The molecule has 19 heavy (non-hydrogen) atoms. The van der Waals surface area contributed by atoms with Crippen LogP contribution in [0.4, 0.5) is 11.6 Å². The molecule has 2 heterocycles. The van der Waals surface area contributed by atoms with E-state index in [4.69, 9.17) is 11.5 Å². The third-order valence-corrected chi connectivity index (χ3v) is 2.83. The number of fused-ring (bicyclic) bond motifs is 1. The number of benzene rings is 1. The SMILES string of the molecule is Nc1ccc(Cn2cnc3c(=O)[nH]c(N)nc32)cc1. The first-order valence-electron chi connectivity index (χ1n) is 5.68. The summed E-state index contributed by atoms with van der Waals surface area (Å²) in [5.74, 6) is 0.0801. The van der Waals surface area contributed by atoms with Gasteiger partial charge < -0.3 is 16.0 Å². The van der Waals surface area contributed by atoms with Crippen LogP contribution in [0.25, 0.3) is 11.2 Å². The summed E-state index contributed by atoms with van der Waals surface area (Å²) in [6, 6.07) is 7.47. The van der Waals surface area contributed by atoms with Crippen molar-refractivity contribution < 1.29 is 0 Å². The molecule has 0 radical (unpaired) electrons. The highest BCUT2D eigenvalue weighted by Crippen LogP contribution is 2.11. The summed E-state index contributed by atoms with van der Waals surface area (Å²) >= 11 is 0. The minimum Gasteiger partial charge on any atom is -0.399 e. The standard InChI is InChI=1S/C12H12N6O/c13-8-3-1-7(2-4-8)5-18-6-15-9-10(18)16-12(14)17-11(9)19/h1-4,6H,5,13H2,(H3,14,16,17,19). The summed E-state index contributed by atoms with van der Waals surface area (Å²) < 4.78 is 1.77. The highest BCUT2D eigenvalue weighted by molar-refractivity contribution is 5.70. The van der Waals surface area contributed by atoms with Gasteiger partial charge in [-0.25, -0.2) is 4.98 Å². The molecule has 2 aromatic heterocycles. The highest BCUT2D eigenvalue weighted by atomic mass is 16.1. The van der Waals surface area contributed by atoms with Crippen LogP contribution in [0.15, 0.2) is 35.4 Å². The molecular weight excluding hydrogens is 244 g/mol. The van der Waals surface area contributed by atoms with Crippen LogP contribution >= 0.6 is 0 Å². The van der Waals surface area contributed by atoms with Gasteiger partial charge in [-0.15, -0.1) is 0 Å². The van der Waals surface area contributed by atoms with Gasteiger partial charge in [0.2, 0.25) is 5.95 Å². The van der Waals surface area contributed by atoms with E-state index in [-0.39, 0.29) is 17.0 Å². The normalized spacial score (nSPS) is 10.9. The van der Waals surface area contributed by atoms with E-state index in [1.165, 1.54) is 0 Å². The molecule has 5 N–H and O–H groups in total. The van der Waals surface area contributed by atoms with Gasteiger partial charge in [0.15, 0.2) is 11.2 Å². The van der Waals surface area contributed by atoms with Gasteiger partial charge in [-0.1, -0.05) is 12.1 Å². The van der Waals surface area contributed by atoms with Crippen LogP contribution in [0.3, 0.4) is 0 Å². The number of aromatic amines is 1. The van der Waals surface area contributed by atoms with Gasteiger partial charge in [-0.05, 0) is 17.7 Å². The van der Waals surface area contributed by atoms with Gasteiger partial charge in [0.05, 0.1) is 12.9 Å². The number of aromatic nitrogens is 4. The summed E-state index contributed by atoms with van der Waals surface area (Å²) in [6.07, 6.45) is 1.57. The second-order valence-corrected chi connectivity index (χ2v) is 4.24. The fraction of sp³-hybridized carbons (Fsp3) is 0.0833. The summed E-state index contributed by atoms with van der Waals surface area (Å²) in [5, 5.41) is 0. The van der Waals surface area contributed by atoms with Crippen LogP contribution in [0.1, 0.15) is 5.56 Å². The van der Waals surface area contributed by atoms with E-state index in [0.29, 0.717) is 17.9 Å². The lowest BCUT2D eigenvalue weighted by Gasteiger charge is -2.04. The fourth-order valence-electron chi connectivity index (χ4n) is 1.91. The van der Waals surface area contributed by atoms with E-state index in [1.807, 2.05) is 24.3 Å². The Balaban J connectivity index is 2.06. The summed E-state index contributed by atoms with van der Waals surface area (Å²) in [6.45, 7) is 0.548. The molecule has 7 heteroatoms.